The van der Waals surface area contributed by atoms with Crippen LogP contribution in [0.3, 0.4) is 0 Å². The summed E-state index contributed by atoms with van der Waals surface area (Å²) in [6, 6.07) is 16.1. The highest BCUT2D eigenvalue weighted by Crippen LogP contribution is 2.28. The van der Waals surface area contributed by atoms with Gasteiger partial charge in [0.05, 0.1) is 4.90 Å². The molecule has 3 aromatic rings. The number of hydrogen-bond acceptors (Lipinski definition) is 4. The lowest BCUT2D eigenvalue weighted by molar-refractivity contribution is 0.252. The molecule has 1 atom stereocenters. The number of aromatic nitrogens is 1. The van der Waals surface area contributed by atoms with Gasteiger partial charge in [0.2, 0.25) is 0 Å². The Morgan fingerprint density at radius 3 is 2.36 bits per heavy atom. The van der Waals surface area contributed by atoms with E-state index in [9.17, 15) is 17.6 Å². The third-order valence-electron chi connectivity index (χ3n) is 4.05. The molecule has 0 aliphatic rings. The normalized spacial score (nSPS) is 12.2. The molecule has 0 saturated carbocycles. The molecule has 0 bridgehead atoms. The number of benzene rings is 2. The number of amides is 2. The molecular weight excluding hydrogens is 381 g/mol. The van der Waals surface area contributed by atoms with Gasteiger partial charge in [-0.2, -0.15) is 0 Å². The van der Waals surface area contributed by atoms with Crippen LogP contribution in [0.5, 0.6) is 0 Å². The van der Waals surface area contributed by atoms with Crippen LogP contribution in [0.15, 0.2) is 84.0 Å². The van der Waals surface area contributed by atoms with Gasteiger partial charge in [-0.15, -0.1) is 0 Å². The van der Waals surface area contributed by atoms with Gasteiger partial charge in [-0.1, -0.05) is 24.3 Å². The molecule has 28 heavy (non-hydrogen) atoms. The van der Waals surface area contributed by atoms with Crippen molar-refractivity contribution in [3.8, 4) is 0 Å². The molecule has 0 radical (unpaired) electrons. The smallest absolute Gasteiger partial charge is 0.319 e. The first-order valence-electron chi connectivity index (χ1n) is 8.46. The van der Waals surface area contributed by atoms with Crippen molar-refractivity contribution >= 4 is 21.6 Å². The lowest BCUT2D eigenvalue weighted by Gasteiger charge is -2.19. The number of sulfone groups is 1. The molecule has 3 rings (SSSR count). The summed E-state index contributed by atoms with van der Waals surface area (Å²) in [6.45, 7) is -0.177. The van der Waals surface area contributed by atoms with E-state index in [1.807, 2.05) is 6.07 Å². The van der Waals surface area contributed by atoms with Crippen molar-refractivity contribution in [3.63, 3.8) is 0 Å². The summed E-state index contributed by atoms with van der Waals surface area (Å²) in [4.78, 5) is 16.1. The van der Waals surface area contributed by atoms with E-state index in [-0.39, 0.29) is 11.4 Å². The van der Waals surface area contributed by atoms with E-state index in [0.717, 1.165) is 12.1 Å². The highest BCUT2D eigenvalue weighted by molar-refractivity contribution is 7.91. The topological polar surface area (TPSA) is 88.2 Å². The Morgan fingerprint density at radius 1 is 1.00 bits per heavy atom. The highest BCUT2D eigenvalue weighted by atomic mass is 32.2. The second kappa shape index (κ2) is 8.62. The van der Waals surface area contributed by atoms with E-state index in [0.29, 0.717) is 11.3 Å². The molecule has 0 unspecified atom stereocenters. The number of hydrogen-bond donors (Lipinski definition) is 2. The molecule has 0 aliphatic heterocycles. The summed E-state index contributed by atoms with van der Waals surface area (Å²) in [6.07, 6.45) is 2.96. The molecule has 1 heterocycles. The van der Waals surface area contributed by atoms with Crippen LogP contribution in [-0.4, -0.2) is 26.0 Å². The second-order valence-corrected chi connectivity index (χ2v) is 8.11. The molecule has 0 spiro atoms. The fourth-order valence-electron chi connectivity index (χ4n) is 2.64. The predicted octanol–water partition coefficient (Wildman–Crippen LogP) is 3.56. The van der Waals surface area contributed by atoms with Crippen LogP contribution in [0.1, 0.15) is 10.8 Å². The second-order valence-electron chi connectivity index (χ2n) is 5.97. The van der Waals surface area contributed by atoms with Crippen LogP contribution in [0.4, 0.5) is 14.9 Å². The number of halogens is 1. The molecule has 1 aromatic heterocycles. The Kier molecular flexibility index (Phi) is 6.00. The minimum absolute atomic E-state index is 0.0342. The number of nitrogens with one attached hydrogen (secondary N) is 2. The van der Waals surface area contributed by atoms with Gasteiger partial charge in [0.1, 0.15) is 11.1 Å². The molecule has 0 saturated heterocycles. The molecule has 2 amide bonds. The Bertz CT molecular complexity index is 1030. The summed E-state index contributed by atoms with van der Waals surface area (Å²) in [5.74, 6) is -0.530. The van der Waals surface area contributed by atoms with E-state index in [2.05, 4.69) is 15.6 Å². The maximum Gasteiger partial charge on any atom is 0.319 e. The van der Waals surface area contributed by atoms with Crippen molar-refractivity contribution < 1.29 is 17.6 Å². The van der Waals surface area contributed by atoms with E-state index in [1.165, 1.54) is 24.5 Å². The van der Waals surface area contributed by atoms with Crippen LogP contribution in [0, 0.1) is 5.82 Å². The van der Waals surface area contributed by atoms with Crippen molar-refractivity contribution in [2.75, 3.05) is 11.9 Å². The Balaban J connectivity index is 1.82. The van der Waals surface area contributed by atoms with Gasteiger partial charge in [-0.25, -0.2) is 17.6 Å². The lowest BCUT2D eigenvalue weighted by atomic mass is 10.2. The highest BCUT2D eigenvalue weighted by Gasteiger charge is 2.30. The van der Waals surface area contributed by atoms with E-state index in [1.54, 1.807) is 36.4 Å². The van der Waals surface area contributed by atoms with Crippen molar-refractivity contribution in [1.82, 2.24) is 10.3 Å². The van der Waals surface area contributed by atoms with Gasteiger partial charge >= 0.3 is 6.03 Å². The van der Waals surface area contributed by atoms with Crippen LogP contribution in [0.2, 0.25) is 0 Å². The van der Waals surface area contributed by atoms with E-state index < -0.39 is 26.9 Å². The predicted molar refractivity (Wildman–Crippen MR) is 104 cm³/mol. The molecule has 2 N–H and O–H groups in total. The fourth-order valence-corrected chi connectivity index (χ4v) is 4.29. The van der Waals surface area contributed by atoms with Crippen LogP contribution in [0.25, 0.3) is 0 Å². The molecule has 144 valence electrons. The third-order valence-corrected chi connectivity index (χ3v) is 6.17. The molecule has 8 heteroatoms. The number of anilines is 1. The molecule has 0 fully saturated rings. The van der Waals surface area contributed by atoms with Gasteiger partial charge in [-0.3, -0.25) is 4.98 Å². The molecule has 2 aromatic carbocycles. The van der Waals surface area contributed by atoms with Gasteiger partial charge < -0.3 is 10.6 Å². The Hall–Kier alpha value is -3.26. The van der Waals surface area contributed by atoms with Crippen LogP contribution in [-0.2, 0) is 9.84 Å². The van der Waals surface area contributed by atoms with Crippen molar-refractivity contribution in [2.45, 2.75) is 10.1 Å². The van der Waals surface area contributed by atoms with Crippen molar-refractivity contribution in [3.05, 3.63) is 90.5 Å². The van der Waals surface area contributed by atoms with Gasteiger partial charge in [0, 0.05) is 24.6 Å². The summed E-state index contributed by atoms with van der Waals surface area (Å²) in [7, 11) is -3.89. The Labute approximate surface area is 162 Å². The van der Waals surface area contributed by atoms with Crippen LogP contribution >= 0.6 is 0 Å². The molecule has 6 nitrogen and oxygen atoms in total. The summed E-state index contributed by atoms with van der Waals surface area (Å²) < 4.78 is 39.4. The zero-order chi connectivity index (χ0) is 20.0. The SMILES string of the molecule is O=C(NC[C@@H](c1cccnc1)S(=O)(=O)c1ccc(F)cc1)Nc1ccccc1. The van der Waals surface area contributed by atoms with Gasteiger partial charge in [-0.05, 0) is 48.0 Å². The zero-order valence-electron chi connectivity index (χ0n) is 14.7. The molecule has 0 aliphatic carbocycles. The van der Waals surface area contributed by atoms with E-state index >= 15 is 0 Å². The number of rotatable bonds is 6. The zero-order valence-corrected chi connectivity index (χ0v) is 15.6. The minimum atomic E-state index is -3.89. The maximum atomic E-state index is 13.2. The average Bonchev–Trinajstić information content (AvgIpc) is 2.70. The summed E-state index contributed by atoms with van der Waals surface area (Å²) in [5.41, 5.74) is 1.01. The number of pyridine rings is 1. The number of carbonyl (C=O) groups excluding carboxylic acids is 1. The van der Waals surface area contributed by atoms with Crippen molar-refractivity contribution in [1.29, 1.82) is 0 Å². The number of carbonyl (C=O) groups is 1. The number of urea groups is 1. The number of nitrogens with zero attached hydrogens (tertiary/aromatic N) is 1. The monoisotopic (exact) mass is 399 g/mol. The first kappa shape index (κ1) is 19.5. The average molecular weight is 399 g/mol. The van der Waals surface area contributed by atoms with Gasteiger partial charge in [0.15, 0.2) is 9.84 Å². The maximum absolute atomic E-state index is 13.2. The van der Waals surface area contributed by atoms with Crippen LogP contribution < -0.4 is 10.6 Å². The van der Waals surface area contributed by atoms with Crippen molar-refractivity contribution in [2.24, 2.45) is 0 Å². The number of para-hydroxylation sites is 1. The van der Waals surface area contributed by atoms with E-state index in [4.69, 9.17) is 0 Å². The quantitative estimate of drug-likeness (QED) is 0.621. The first-order chi connectivity index (χ1) is 13.5. The largest absolute Gasteiger partial charge is 0.336 e. The molecular formula is C20H18FN3O3S. The summed E-state index contributed by atoms with van der Waals surface area (Å²) in [5, 5.41) is 4.15. The lowest BCUT2D eigenvalue weighted by Crippen LogP contribution is -2.35. The summed E-state index contributed by atoms with van der Waals surface area (Å²) >= 11 is 0. The third kappa shape index (κ3) is 4.72. The minimum Gasteiger partial charge on any atom is -0.336 e. The van der Waals surface area contributed by atoms with Gasteiger partial charge in [0.25, 0.3) is 0 Å². The fraction of sp³-hybridized carbons (Fsp3) is 0.100. The Morgan fingerprint density at radius 2 is 1.71 bits per heavy atom. The first-order valence-corrected chi connectivity index (χ1v) is 10.0. The standard InChI is InChI=1S/C20H18FN3O3S/c21-16-8-10-18(11-9-16)28(26,27)19(15-5-4-12-22-13-15)14-23-20(25)24-17-6-2-1-3-7-17/h1-13,19H,14H2,(H2,23,24,25)/t19-/m0/s1.